The van der Waals surface area contributed by atoms with Gasteiger partial charge in [-0.3, -0.25) is 0 Å². The molecule has 1 fully saturated rings. The van der Waals surface area contributed by atoms with Crippen molar-refractivity contribution in [3.05, 3.63) is 29.6 Å². The van der Waals surface area contributed by atoms with Crippen molar-refractivity contribution < 1.29 is 9.50 Å². The Balaban J connectivity index is 2.30. The first kappa shape index (κ1) is 11.4. The third-order valence-electron chi connectivity index (χ3n) is 3.32. The minimum Gasteiger partial charge on any atom is -0.392 e. The van der Waals surface area contributed by atoms with E-state index in [-0.39, 0.29) is 12.4 Å². The molecule has 1 aromatic rings. The lowest BCUT2D eigenvalue weighted by Gasteiger charge is -2.36. The van der Waals surface area contributed by atoms with E-state index >= 15 is 0 Å². The number of hydrogen-bond donors (Lipinski definition) is 1. The number of aliphatic hydroxyl groups is 1. The maximum Gasteiger partial charge on any atom is 0.123 e. The monoisotopic (exact) mass is 223 g/mol. The lowest BCUT2D eigenvalue weighted by atomic mass is 10.0. The van der Waals surface area contributed by atoms with Crippen LogP contribution in [0.5, 0.6) is 0 Å². The molecule has 0 aliphatic carbocycles. The quantitative estimate of drug-likeness (QED) is 0.833. The molecule has 1 aliphatic rings. The summed E-state index contributed by atoms with van der Waals surface area (Å²) in [5.41, 5.74) is 1.67. The lowest BCUT2D eigenvalue weighted by molar-refractivity contribution is 0.281. The zero-order chi connectivity index (χ0) is 11.5. The molecule has 0 bridgehead atoms. The van der Waals surface area contributed by atoms with Gasteiger partial charge in [0.25, 0.3) is 0 Å². The van der Waals surface area contributed by atoms with Crippen LogP contribution in [0.25, 0.3) is 0 Å². The zero-order valence-corrected chi connectivity index (χ0v) is 9.62. The van der Waals surface area contributed by atoms with Gasteiger partial charge in [-0.1, -0.05) is 0 Å². The minimum absolute atomic E-state index is 0.101. The van der Waals surface area contributed by atoms with Crippen molar-refractivity contribution in [2.45, 2.75) is 38.8 Å². The van der Waals surface area contributed by atoms with Gasteiger partial charge in [0.05, 0.1) is 6.61 Å². The van der Waals surface area contributed by atoms with Crippen LogP contribution in [0.15, 0.2) is 18.2 Å². The number of rotatable bonds is 2. The van der Waals surface area contributed by atoms with E-state index in [1.165, 1.54) is 31.4 Å². The molecular weight excluding hydrogens is 205 g/mol. The maximum absolute atomic E-state index is 13.1. The van der Waals surface area contributed by atoms with E-state index < -0.39 is 0 Å². The molecule has 2 rings (SSSR count). The molecule has 0 aromatic heterocycles. The first-order valence-electron chi connectivity index (χ1n) is 5.88. The average molecular weight is 223 g/mol. The summed E-state index contributed by atoms with van der Waals surface area (Å²) in [5, 5.41) is 9.27. The summed E-state index contributed by atoms with van der Waals surface area (Å²) < 4.78 is 13.1. The molecule has 16 heavy (non-hydrogen) atoms. The van der Waals surface area contributed by atoms with E-state index in [9.17, 15) is 9.50 Å². The van der Waals surface area contributed by atoms with Gasteiger partial charge in [0.15, 0.2) is 0 Å². The largest absolute Gasteiger partial charge is 0.392 e. The Morgan fingerprint density at radius 2 is 2.25 bits per heavy atom. The second-order valence-electron chi connectivity index (χ2n) is 4.47. The van der Waals surface area contributed by atoms with E-state index in [0.29, 0.717) is 11.6 Å². The van der Waals surface area contributed by atoms with Crippen LogP contribution in [-0.4, -0.2) is 17.7 Å². The standard InChI is InChI=1S/C13H18FNO/c1-10-4-2-3-7-15(10)13-6-5-12(14)8-11(13)9-16/h5-6,8,10,16H,2-4,7,9H2,1H3. The van der Waals surface area contributed by atoms with Gasteiger partial charge in [0.2, 0.25) is 0 Å². The van der Waals surface area contributed by atoms with Crippen molar-refractivity contribution in [3.8, 4) is 0 Å². The first-order valence-corrected chi connectivity index (χ1v) is 5.88. The number of aliphatic hydroxyl groups excluding tert-OH is 1. The van der Waals surface area contributed by atoms with Crippen molar-refractivity contribution in [1.29, 1.82) is 0 Å². The number of nitrogens with zero attached hydrogens (tertiary/aromatic N) is 1. The third-order valence-corrected chi connectivity index (χ3v) is 3.32. The maximum atomic E-state index is 13.1. The Kier molecular flexibility index (Phi) is 3.44. The van der Waals surface area contributed by atoms with E-state index in [2.05, 4.69) is 11.8 Å². The van der Waals surface area contributed by atoms with Gasteiger partial charge in [-0.25, -0.2) is 4.39 Å². The predicted octanol–water partition coefficient (Wildman–Crippen LogP) is 2.70. The summed E-state index contributed by atoms with van der Waals surface area (Å²) in [5.74, 6) is -0.280. The smallest absolute Gasteiger partial charge is 0.123 e. The highest BCUT2D eigenvalue weighted by Crippen LogP contribution is 2.28. The van der Waals surface area contributed by atoms with Crippen molar-refractivity contribution in [2.24, 2.45) is 0 Å². The topological polar surface area (TPSA) is 23.5 Å². The fourth-order valence-corrected chi connectivity index (χ4v) is 2.42. The molecule has 1 heterocycles. The van der Waals surface area contributed by atoms with Crippen molar-refractivity contribution >= 4 is 5.69 Å². The van der Waals surface area contributed by atoms with Gasteiger partial charge in [-0.15, -0.1) is 0 Å². The molecule has 0 spiro atoms. The van der Waals surface area contributed by atoms with Crippen LogP contribution in [0.4, 0.5) is 10.1 Å². The number of anilines is 1. The highest BCUT2D eigenvalue weighted by molar-refractivity contribution is 5.54. The Hall–Kier alpha value is -1.09. The summed E-state index contributed by atoms with van der Waals surface area (Å²) in [6.07, 6.45) is 3.60. The summed E-state index contributed by atoms with van der Waals surface area (Å²) in [6.45, 7) is 3.08. The lowest BCUT2D eigenvalue weighted by Crippen LogP contribution is -2.38. The highest BCUT2D eigenvalue weighted by atomic mass is 19.1. The van der Waals surface area contributed by atoms with Gasteiger partial charge in [0.1, 0.15) is 5.82 Å². The van der Waals surface area contributed by atoms with E-state index in [4.69, 9.17) is 0 Å². The molecule has 1 aromatic carbocycles. The molecule has 1 saturated heterocycles. The van der Waals surface area contributed by atoms with Gasteiger partial charge in [-0.05, 0) is 44.4 Å². The van der Waals surface area contributed by atoms with Crippen LogP contribution in [-0.2, 0) is 6.61 Å². The van der Waals surface area contributed by atoms with Gasteiger partial charge >= 0.3 is 0 Å². The summed E-state index contributed by atoms with van der Waals surface area (Å²) in [6, 6.07) is 5.15. The Morgan fingerprint density at radius 1 is 1.44 bits per heavy atom. The zero-order valence-electron chi connectivity index (χ0n) is 9.62. The number of benzene rings is 1. The van der Waals surface area contributed by atoms with Crippen molar-refractivity contribution in [2.75, 3.05) is 11.4 Å². The number of halogens is 1. The molecule has 3 heteroatoms. The fraction of sp³-hybridized carbons (Fsp3) is 0.538. The second-order valence-corrected chi connectivity index (χ2v) is 4.47. The van der Waals surface area contributed by atoms with Crippen LogP contribution in [0, 0.1) is 5.82 Å². The molecule has 1 N–H and O–H groups in total. The molecule has 1 atom stereocenters. The molecule has 2 nitrogen and oxygen atoms in total. The van der Waals surface area contributed by atoms with Gasteiger partial charge in [-0.2, -0.15) is 0 Å². The predicted molar refractivity (Wildman–Crippen MR) is 63.0 cm³/mol. The van der Waals surface area contributed by atoms with Crippen LogP contribution in [0.2, 0.25) is 0 Å². The van der Waals surface area contributed by atoms with E-state index in [1.807, 2.05) is 0 Å². The highest BCUT2D eigenvalue weighted by Gasteiger charge is 2.20. The van der Waals surface area contributed by atoms with Crippen molar-refractivity contribution in [1.82, 2.24) is 0 Å². The normalized spacial score (nSPS) is 21.2. The summed E-state index contributed by atoms with van der Waals surface area (Å²) >= 11 is 0. The number of hydrogen-bond acceptors (Lipinski definition) is 2. The molecule has 88 valence electrons. The Labute approximate surface area is 95.7 Å². The summed E-state index contributed by atoms with van der Waals surface area (Å²) in [4.78, 5) is 2.27. The van der Waals surface area contributed by atoms with E-state index in [1.54, 1.807) is 6.07 Å². The first-order chi connectivity index (χ1) is 7.72. The molecule has 0 radical (unpaired) electrons. The molecule has 0 amide bonds. The Bertz CT molecular complexity index is 367. The Morgan fingerprint density at radius 3 is 2.94 bits per heavy atom. The summed E-state index contributed by atoms with van der Waals surface area (Å²) in [7, 11) is 0. The van der Waals surface area contributed by atoms with Crippen LogP contribution < -0.4 is 4.90 Å². The minimum atomic E-state index is -0.280. The van der Waals surface area contributed by atoms with E-state index in [0.717, 1.165) is 12.2 Å². The molecular formula is C13H18FNO. The SMILES string of the molecule is CC1CCCCN1c1ccc(F)cc1CO. The number of piperidine rings is 1. The molecule has 1 aliphatic heterocycles. The fourth-order valence-electron chi connectivity index (χ4n) is 2.42. The van der Waals surface area contributed by atoms with Crippen LogP contribution in [0.1, 0.15) is 31.7 Å². The van der Waals surface area contributed by atoms with Gasteiger partial charge < -0.3 is 10.0 Å². The van der Waals surface area contributed by atoms with Gasteiger partial charge in [0, 0.05) is 23.8 Å². The molecule has 0 saturated carbocycles. The second kappa shape index (κ2) is 4.83. The van der Waals surface area contributed by atoms with Crippen molar-refractivity contribution in [3.63, 3.8) is 0 Å². The third kappa shape index (κ3) is 2.19. The average Bonchev–Trinajstić information content (AvgIpc) is 2.30. The van der Waals surface area contributed by atoms with Crippen LogP contribution in [0.3, 0.4) is 0 Å². The molecule has 1 unspecified atom stereocenters. The van der Waals surface area contributed by atoms with Crippen LogP contribution >= 0.6 is 0 Å².